The fourth-order valence-electron chi connectivity index (χ4n) is 2.49. The number of pyridine rings is 1. The number of amides is 1. The van der Waals surface area contributed by atoms with Crippen molar-refractivity contribution in [1.82, 2.24) is 15.2 Å². The smallest absolute Gasteiger partial charge is 0.410 e. The van der Waals surface area contributed by atoms with Crippen molar-refractivity contribution in [2.24, 2.45) is 0 Å². The summed E-state index contributed by atoms with van der Waals surface area (Å²) in [6, 6.07) is 5.39. The number of rotatable bonds is 4. The van der Waals surface area contributed by atoms with E-state index in [-0.39, 0.29) is 24.5 Å². The van der Waals surface area contributed by atoms with Crippen molar-refractivity contribution < 1.29 is 14.3 Å². The van der Waals surface area contributed by atoms with Crippen molar-refractivity contribution in [3.8, 4) is 0 Å². The molecule has 1 aromatic heterocycles. The number of nitrogens with zero attached hydrogens (tertiary/aromatic N) is 2. The van der Waals surface area contributed by atoms with Crippen LogP contribution in [0.5, 0.6) is 0 Å². The molecule has 0 bridgehead atoms. The van der Waals surface area contributed by atoms with E-state index in [1.807, 2.05) is 20.8 Å². The Morgan fingerprint density at radius 3 is 2.83 bits per heavy atom. The zero-order valence-corrected chi connectivity index (χ0v) is 14.0. The molecule has 0 aliphatic carbocycles. The van der Waals surface area contributed by atoms with Gasteiger partial charge >= 0.3 is 6.09 Å². The summed E-state index contributed by atoms with van der Waals surface area (Å²) in [5.41, 5.74) is -0.0355. The molecule has 1 N–H and O–H groups in total. The van der Waals surface area contributed by atoms with E-state index in [4.69, 9.17) is 4.74 Å². The van der Waals surface area contributed by atoms with Gasteiger partial charge in [-0.1, -0.05) is 6.07 Å². The molecular weight excluding hydrogens is 294 g/mol. The molecule has 1 aliphatic rings. The summed E-state index contributed by atoms with van der Waals surface area (Å²) < 4.78 is 5.40. The van der Waals surface area contributed by atoms with Gasteiger partial charge in [0.05, 0.1) is 6.54 Å². The third kappa shape index (κ3) is 5.63. The Morgan fingerprint density at radius 2 is 2.17 bits per heavy atom. The van der Waals surface area contributed by atoms with Gasteiger partial charge in [0.2, 0.25) is 0 Å². The molecule has 0 radical (unpaired) electrons. The number of hydrogen-bond acceptors (Lipinski definition) is 5. The van der Waals surface area contributed by atoms with Gasteiger partial charge < -0.3 is 15.0 Å². The van der Waals surface area contributed by atoms with Crippen LogP contribution in [0, 0.1) is 0 Å². The number of ether oxygens (including phenoxy) is 1. The second kappa shape index (κ2) is 7.55. The topological polar surface area (TPSA) is 71.5 Å². The highest BCUT2D eigenvalue weighted by molar-refractivity contribution is 5.95. The number of likely N-dealkylation sites (tertiary alicyclic amines) is 1. The van der Waals surface area contributed by atoms with Crippen LogP contribution in [0.25, 0.3) is 0 Å². The highest BCUT2D eigenvalue weighted by Gasteiger charge is 2.27. The molecular formula is C17H25N3O3. The summed E-state index contributed by atoms with van der Waals surface area (Å²) in [7, 11) is 0. The number of Topliss-reactive ketones (excluding diaryl/α,β-unsaturated/α-hetero) is 1. The normalized spacial score (nSPS) is 18.6. The van der Waals surface area contributed by atoms with Crippen LogP contribution >= 0.6 is 0 Å². The summed E-state index contributed by atoms with van der Waals surface area (Å²) in [6.07, 6.45) is 3.15. The molecule has 0 unspecified atom stereocenters. The fraction of sp³-hybridized carbons (Fsp3) is 0.588. The summed E-state index contributed by atoms with van der Waals surface area (Å²) in [5, 5.41) is 3.23. The number of nitrogens with one attached hydrogen (secondary N) is 1. The van der Waals surface area contributed by atoms with Gasteiger partial charge in [-0.3, -0.25) is 9.78 Å². The van der Waals surface area contributed by atoms with E-state index in [9.17, 15) is 9.59 Å². The average Bonchev–Trinajstić information content (AvgIpc) is 2.52. The van der Waals surface area contributed by atoms with Gasteiger partial charge in [-0.15, -0.1) is 0 Å². The third-order valence-corrected chi connectivity index (χ3v) is 3.57. The van der Waals surface area contributed by atoms with Crippen LogP contribution in [0.1, 0.15) is 44.1 Å². The Balaban J connectivity index is 1.82. The van der Waals surface area contributed by atoms with Gasteiger partial charge in [0.1, 0.15) is 11.3 Å². The maximum Gasteiger partial charge on any atom is 0.410 e. The van der Waals surface area contributed by atoms with Gasteiger partial charge in [0.15, 0.2) is 5.78 Å². The number of hydrogen-bond donors (Lipinski definition) is 1. The van der Waals surface area contributed by atoms with Crippen LogP contribution in [0.15, 0.2) is 24.4 Å². The van der Waals surface area contributed by atoms with Gasteiger partial charge in [0, 0.05) is 25.3 Å². The second-order valence-corrected chi connectivity index (χ2v) is 6.78. The van der Waals surface area contributed by atoms with Crippen molar-refractivity contribution in [3.05, 3.63) is 30.1 Å². The van der Waals surface area contributed by atoms with Crippen LogP contribution in [-0.2, 0) is 4.74 Å². The second-order valence-electron chi connectivity index (χ2n) is 6.78. The Hall–Kier alpha value is -1.95. The van der Waals surface area contributed by atoms with Gasteiger partial charge in [-0.25, -0.2) is 4.79 Å². The van der Waals surface area contributed by atoms with Crippen molar-refractivity contribution >= 4 is 11.9 Å². The quantitative estimate of drug-likeness (QED) is 0.862. The third-order valence-electron chi connectivity index (χ3n) is 3.57. The summed E-state index contributed by atoms with van der Waals surface area (Å²) in [4.78, 5) is 29.9. The largest absolute Gasteiger partial charge is 0.444 e. The van der Waals surface area contributed by atoms with E-state index in [1.54, 1.807) is 29.3 Å². The highest BCUT2D eigenvalue weighted by atomic mass is 16.6. The number of piperidine rings is 1. The molecule has 23 heavy (non-hydrogen) atoms. The van der Waals surface area contributed by atoms with Crippen molar-refractivity contribution in [3.63, 3.8) is 0 Å². The first-order valence-corrected chi connectivity index (χ1v) is 8.01. The molecule has 0 spiro atoms. The SMILES string of the molecule is CC(C)(C)OC(=O)N1CCC[C@H](NCC(=O)c2ccccn2)C1. The molecule has 1 aromatic rings. The maximum absolute atomic E-state index is 12.1. The Kier molecular flexibility index (Phi) is 5.71. The molecule has 0 saturated carbocycles. The lowest BCUT2D eigenvalue weighted by Gasteiger charge is -2.34. The van der Waals surface area contributed by atoms with E-state index in [1.165, 1.54) is 0 Å². The van der Waals surface area contributed by atoms with E-state index in [0.717, 1.165) is 12.8 Å². The first kappa shape index (κ1) is 17.4. The van der Waals surface area contributed by atoms with Crippen molar-refractivity contribution in [1.29, 1.82) is 0 Å². The molecule has 6 heteroatoms. The maximum atomic E-state index is 12.1. The number of ketones is 1. The lowest BCUT2D eigenvalue weighted by molar-refractivity contribution is 0.0188. The minimum Gasteiger partial charge on any atom is -0.444 e. The highest BCUT2D eigenvalue weighted by Crippen LogP contribution is 2.15. The Labute approximate surface area is 137 Å². The monoisotopic (exact) mass is 319 g/mol. The van der Waals surface area contributed by atoms with Gasteiger partial charge in [-0.05, 0) is 45.7 Å². The standard InChI is InChI=1S/C17H25N3O3/c1-17(2,3)23-16(22)20-10-6-7-13(12-20)19-11-15(21)14-8-4-5-9-18-14/h4-5,8-9,13,19H,6-7,10-12H2,1-3H3/t13-/m0/s1. The zero-order chi connectivity index (χ0) is 16.9. The first-order chi connectivity index (χ1) is 10.8. The molecule has 1 amide bonds. The van der Waals surface area contributed by atoms with E-state index in [0.29, 0.717) is 18.8 Å². The van der Waals surface area contributed by atoms with E-state index < -0.39 is 5.60 Å². The van der Waals surface area contributed by atoms with Crippen molar-refractivity contribution in [2.75, 3.05) is 19.6 Å². The van der Waals surface area contributed by atoms with Crippen LogP contribution in [0.4, 0.5) is 4.79 Å². The van der Waals surface area contributed by atoms with Crippen LogP contribution in [0.2, 0.25) is 0 Å². The predicted octanol–water partition coefficient (Wildman–Crippen LogP) is 2.25. The first-order valence-electron chi connectivity index (χ1n) is 8.01. The summed E-state index contributed by atoms with van der Waals surface area (Å²) in [5.74, 6) is -0.0417. The minimum absolute atomic E-state index is 0.0417. The Morgan fingerprint density at radius 1 is 1.39 bits per heavy atom. The molecule has 2 heterocycles. The Bertz CT molecular complexity index is 540. The lowest BCUT2D eigenvalue weighted by atomic mass is 10.1. The summed E-state index contributed by atoms with van der Waals surface area (Å²) >= 11 is 0. The zero-order valence-electron chi connectivity index (χ0n) is 14.0. The molecule has 2 rings (SSSR count). The minimum atomic E-state index is -0.494. The number of carbonyl (C=O) groups is 2. The molecule has 6 nitrogen and oxygen atoms in total. The molecule has 1 saturated heterocycles. The summed E-state index contributed by atoms with van der Waals surface area (Å²) in [6.45, 7) is 7.05. The lowest BCUT2D eigenvalue weighted by Crippen LogP contribution is -2.50. The number of aromatic nitrogens is 1. The van der Waals surface area contributed by atoms with E-state index >= 15 is 0 Å². The van der Waals surface area contributed by atoms with Gasteiger partial charge in [-0.2, -0.15) is 0 Å². The molecule has 0 aromatic carbocycles. The van der Waals surface area contributed by atoms with Crippen molar-refractivity contribution in [2.45, 2.75) is 45.3 Å². The van der Waals surface area contributed by atoms with Crippen LogP contribution in [-0.4, -0.2) is 53.0 Å². The number of carbonyl (C=O) groups excluding carboxylic acids is 2. The van der Waals surface area contributed by atoms with Gasteiger partial charge in [0.25, 0.3) is 0 Å². The molecule has 1 atom stereocenters. The van der Waals surface area contributed by atoms with E-state index in [2.05, 4.69) is 10.3 Å². The molecule has 1 aliphatic heterocycles. The molecule has 1 fully saturated rings. The average molecular weight is 319 g/mol. The molecule has 126 valence electrons. The van der Waals surface area contributed by atoms with Crippen LogP contribution in [0.3, 0.4) is 0 Å². The predicted molar refractivity (Wildman–Crippen MR) is 87.4 cm³/mol. The fourth-order valence-corrected chi connectivity index (χ4v) is 2.49. The van der Waals surface area contributed by atoms with Crippen LogP contribution < -0.4 is 5.32 Å².